The smallest absolute Gasteiger partial charge is 0.338 e. The Bertz CT molecular complexity index is 952. The Morgan fingerprint density at radius 2 is 1.97 bits per heavy atom. The van der Waals surface area contributed by atoms with Gasteiger partial charge in [0.05, 0.1) is 30.9 Å². The number of carbonyl (C=O) groups excluding carboxylic acids is 2. The Kier molecular flexibility index (Phi) is 9.43. The van der Waals surface area contributed by atoms with Gasteiger partial charge in [0, 0.05) is 0 Å². The van der Waals surface area contributed by atoms with Crippen LogP contribution in [0.25, 0.3) is 0 Å². The van der Waals surface area contributed by atoms with E-state index in [0.717, 1.165) is 16.7 Å². The van der Waals surface area contributed by atoms with E-state index in [9.17, 15) is 14.9 Å². The molecule has 0 radical (unpaired) electrons. The number of amides is 1. The van der Waals surface area contributed by atoms with Gasteiger partial charge in [-0.05, 0) is 36.6 Å². The van der Waals surface area contributed by atoms with Crippen molar-refractivity contribution in [3.63, 3.8) is 0 Å². The molecule has 2 aromatic rings. The van der Waals surface area contributed by atoms with Crippen LogP contribution in [0.3, 0.4) is 0 Å². The van der Waals surface area contributed by atoms with Crippen molar-refractivity contribution in [2.75, 3.05) is 13.2 Å². The normalized spacial score (nSPS) is 12.3. The average Bonchev–Trinajstić information content (AvgIpc) is 2.76. The molecule has 0 saturated carbocycles. The summed E-state index contributed by atoms with van der Waals surface area (Å²) in [4.78, 5) is 24.2. The summed E-state index contributed by atoms with van der Waals surface area (Å²) >= 11 is 0. The number of nitrogens with one attached hydrogen (secondary N) is 1. The molecule has 1 amide bonds. The van der Waals surface area contributed by atoms with Gasteiger partial charge in [-0.3, -0.25) is 4.79 Å². The number of hydrogen-bond donors (Lipinski definition) is 2. The predicted octanol–water partition coefficient (Wildman–Crippen LogP) is 2.43. The van der Waals surface area contributed by atoms with Gasteiger partial charge in [-0.15, -0.1) is 0 Å². The van der Waals surface area contributed by atoms with Gasteiger partial charge in [-0.1, -0.05) is 54.6 Å². The molecule has 0 heterocycles. The quantitative estimate of drug-likeness (QED) is 0.425. The summed E-state index contributed by atoms with van der Waals surface area (Å²) in [6, 6.07) is 15.0. The van der Waals surface area contributed by atoms with Crippen molar-refractivity contribution in [1.82, 2.24) is 5.32 Å². The number of benzene rings is 2. The Labute approximate surface area is 182 Å². The maximum atomic E-state index is 12.3. The number of nitriles is 1. The van der Waals surface area contributed by atoms with E-state index < -0.39 is 24.0 Å². The fourth-order valence-corrected chi connectivity index (χ4v) is 2.88. The Hall–Kier alpha value is -3.47. The molecular formula is C24H27N3O4. The summed E-state index contributed by atoms with van der Waals surface area (Å²) in [6.07, 6.45) is 1.87. The second kappa shape index (κ2) is 12.3. The third-order valence-corrected chi connectivity index (χ3v) is 4.40. The van der Waals surface area contributed by atoms with Crippen LogP contribution < -0.4 is 11.1 Å². The van der Waals surface area contributed by atoms with Crippen LogP contribution in [0.5, 0.6) is 0 Å². The van der Waals surface area contributed by atoms with E-state index in [-0.39, 0.29) is 19.8 Å². The molecular weight excluding hydrogens is 394 g/mol. The summed E-state index contributed by atoms with van der Waals surface area (Å²) in [5.41, 5.74) is 9.18. The van der Waals surface area contributed by atoms with Crippen molar-refractivity contribution in [1.29, 1.82) is 5.26 Å². The average molecular weight is 421 g/mol. The van der Waals surface area contributed by atoms with E-state index in [1.165, 1.54) is 6.08 Å². The van der Waals surface area contributed by atoms with Gasteiger partial charge < -0.3 is 20.5 Å². The van der Waals surface area contributed by atoms with Crippen LogP contribution in [0.1, 0.15) is 27.0 Å². The van der Waals surface area contributed by atoms with Gasteiger partial charge in [0.25, 0.3) is 0 Å². The van der Waals surface area contributed by atoms with E-state index in [1.54, 1.807) is 24.3 Å². The van der Waals surface area contributed by atoms with Gasteiger partial charge in [-0.25, -0.2) is 4.79 Å². The molecule has 0 aromatic heterocycles. The van der Waals surface area contributed by atoms with Crippen molar-refractivity contribution in [3.05, 3.63) is 83.4 Å². The zero-order chi connectivity index (χ0) is 22.6. The Morgan fingerprint density at radius 1 is 1.23 bits per heavy atom. The third kappa shape index (κ3) is 8.05. The maximum Gasteiger partial charge on any atom is 0.338 e. The topological polar surface area (TPSA) is 114 Å². The predicted molar refractivity (Wildman–Crippen MR) is 117 cm³/mol. The molecule has 0 fully saturated rings. The number of ether oxygens (including phenoxy) is 2. The van der Waals surface area contributed by atoms with E-state index >= 15 is 0 Å². The molecule has 0 bridgehead atoms. The molecule has 7 heteroatoms. The minimum Gasteiger partial charge on any atom is -0.458 e. The maximum absolute atomic E-state index is 12.3. The van der Waals surface area contributed by atoms with Crippen LogP contribution in [0, 0.1) is 18.3 Å². The molecule has 2 aromatic carbocycles. The number of rotatable bonds is 11. The molecule has 0 saturated heterocycles. The second-order valence-corrected chi connectivity index (χ2v) is 7.09. The van der Waals surface area contributed by atoms with Crippen LogP contribution >= 0.6 is 0 Å². The minimum absolute atomic E-state index is 0.00938. The Balaban J connectivity index is 1.82. The number of nitrogens with zero attached hydrogens (tertiary/aromatic N) is 1. The Morgan fingerprint density at radius 3 is 2.68 bits per heavy atom. The highest BCUT2D eigenvalue weighted by atomic mass is 16.5. The number of aryl methyl sites for hydroxylation is 1. The molecule has 162 valence electrons. The highest BCUT2D eigenvalue weighted by Gasteiger charge is 2.18. The van der Waals surface area contributed by atoms with Crippen molar-refractivity contribution in [2.24, 2.45) is 5.73 Å². The number of carbonyl (C=O) groups is 2. The molecule has 0 unspecified atom stereocenters. The molecule has 2 atom stereocenters. The van der Waals surface area contributed by atoms with Gasteiger partial charge in [0.2, 0.25) is 5.91 Å². The van der Waals surface area contributed by atoms with E-state index in [1.807, 2.05) is 37.3 Å². The first-order chi connectivity index (χ1) is 14.9. The zero-order valence-corrected chi connectivity index (χ0v) is 17.5. The van der Waals surface area contributed by atoms with Crippen LogP contribution in [-0.4, -0.2) is 37.2 Å². The highest BCUT2D eigenvalue weighted by Crippen LogP contribution is 2.09. The standard InChI is InChI=1S/C24H27N3O4/c1-3-10-31-24(29)20-9-5-8-19(12-20)15-30-16-21(14-25)27-23(28)22(26)13-18-7-4-6-17(2)11-18/h3-9,11-12,21-22H,1,10,13,15-16,26H2,2H3,(H,27,28)/t21-,22+/m1/s1. The largest absolute Gasteiger partial charge is 0.458 e. The molecule has 0 aliphatic rings. The number of esters is 1. The second-order valence-electron chi connectivity index (χ2n) is 7.09. The molecule has 7 nitrogen and oxygen atoms in total. The lowest BCUT2D eigenvalue weighted by molar-refractivity contribution is -0.123. The lowest BCUT2D eigenvalue weighted by atomic mass is 10.0. The fourth-order valence-electron chi connectivity index (χ4n) is 2.88. The van der Waals surface area contributed by atoms with Gasteiger partial charge in [0.1, 0.15) is 12.6 Å². The number of nitrogens with two attached hydrogens (primary N) is 1. The first-order valence-corrected chi connectivity index (χ1v) is 9.88. The third-order valence-electron chi connectivity index (χ3n) is 4.40. The SMILES string of the molecule is C=CCOC(=O)c1cccc(COC[C@@H](C#N)NC(=O)[C@@H](N)Cc2cccc(C)c2)c1. The number of hydrogen-bond acceptors (Lipinski definition) is 6. The van der Waals surface area contributed by atoms with Gasteiger partial charge in [0.15, 0.2) is 0 Å². The minimum atomic E-state index is -0.836. The van der Waals surface area contributed by atoms with E-state index in [4.69, 9.17) is 15.2 Å². The molecule has 2 rings (SSSR count). The van der Waals surface area contributed by atoms with Crippen molar-refractivity contribution in [3.8, 4) is 6.07 Å². The van der Waals surface area contributed by atoms with Gasteiger partial charge >= 0.3 is 5.97 Å². The van der Waals surface area contributed by atoms with E-state index in [0.29, 0.717) is 12.0 Å². The van der Waals surface area contributed by atoms with Crippen molar-refractivity contribution in [2.45, 2.75) is 32.0 Å². The lowest BCUT2D eigenvalue weighted by Gasteiger charge is -2.16. The molecule has 0 spiro atoms. The lowest BCUT2D eigenvalue weighted by Crippen LogP contribution is -2.47. The van der Waals surface area contributed by atoms with Crippen molar-refractivity contribution >= 4 is 11.9 Å². The molecule has 3 N–H and O–H groups in total. The van der Waals surface area contributed by atoms with Crippen LogP contribution in [0.15, 0.2) is 61.2 Å². The zero-order valence-electron chi connectivity index (χ0n) is 17.5. The molecule has 0 aliphatic heterocycles. The summed E-state index contributed by atoms with van der Waals surface area (Å²) in [7, 11) is 0. The molecule has 0 aliphatic carbocycles. The summed E-state index contributed by atoms with van der Waals surface area (Å²) in [6.45, 7) is 5.77. The monoisotopic (exact) mass is 421 g/mol. The first-order valence-electron chi connectivity index (χ1n) is 9.88. The first kappa shape index (κ1) is 23.8. The fraction of sp³-hybridized carbons (Fsp3) is 0.292. The van der Waals surface area contributed by atoms with Crippen LogP contribution in [-0.2, 0) is 27.3 Å². The summed E-state index contributed by atoms with van der Waals surface area (Å²) in [5.74, 6) is -0.866. The van der Waals surface area contributed by atoms with Crippen LogP contribution in [0.4, 0.5) is 0 Å². The molecule has 31 heavy (non-hydrogen) atoms. The summed E-state index contributed by atoms with van der Waals surface area (Å²) < 4.78 is 10.6. The van der Waals surface area contributed by atoms with Gasteiger partial charge in [-0.2, -0.15) is 5.26 Å². The van der Waals surface area contributed by atoms with Crippen molar-refractivity contribution < 1.29 is 19.1 Å². The van der Waals surface area contributed by atoms with E-state index in [2.05, 4.69) is 11.9 Å². The summed E-state index contributed by atoms with van der Waals surface area (Å²) in [5, 5.41) is 11.9. The van der Waals surface area contributed by atoms with Crippen LogP contribution in [0.2, 0.25) is 0 Å². The highest BCUT2D eigenvalue weighted by molar-refractivity contribution is 5.89.